The molecule has 3 fully saturated rings. The van der Waals surface area contributed by atoms with E-state index in [0.717, 1.165) is 18.8 Å². The van der Waals surface area contributed by atoms with E-state index >= 15 is 4.79 Å². The van der Waals surface area contributed by atoms with Gasteiger partial charge in [0.2, 0.25) is 11.8 Å². The van der Waals surface area contributed by atoms with Gasteiger partial charge in [0.05, 0.1) is 36.7 Å². The number of anilines is 3. The van der Waals surface area contributed by atoms with E-state index < -0.39 is 35.1 Å². The van der Waals surface area contributed by atoms with Crippen molar-refractivity contribution in [3.05, 3.63) is 73.8 Å². The number of aliphatic hydroxyl groups is 1. The van der Waals surface area contributed by atoms with Crippen LogP contribution in [-0.4, -0.2) is 90.4 Å². The van der Waals surface area contributed by atoms with E-state index in [1.165, 1.54) is 0 Å². The highest BCUT2D eigenvalue weighted by atomic mass is 16.5. The summed E-state index contributed by atoms with van der Waals surface area (Å²) in [5.74, 6) is -1.91. The number of hydrogen-bond acceptors (Lipinski definition) is 7. The second-order valence-electron chi connectivity index (χ2n) is 13.4. The monoisotopic (exact) mass is 686 g/mol. The molecule has 2 unspecified atom stereocenters. The Balaban J connectivity index is 1.59. The second-order valence-corrected chi connectivity index (χ2v) is 13.4. The number of benzene rings is 2. The number of carbonyl (C=O) groups excluding carboxylic acids is 3. The molecule has 2 aromatic rings. The van der Waals surface area contributed by atoms with Crippen molar-refractivity contribution in [1.82, 2.24) is 4.90 Å². The number of aliphatic hydroxyl groups excluding tert-OH is 1. The summed E-state index contributed by atoms with van der Waals surface area (Å²) >= 11 is 0. The van der Waals surface area contributed by atoms with E-state index in [1.54, 1.807) is 26.9 Å². The lowest BCUT2D eigenvalue weighted by atomic mass is 9.64. The van der Waals surface area contributed by atoms with E-state index in [0.29, 0.717) is 49.4 Å². The molecule has 0 saturated carbocycles. The lowest BCUT2D eigenvalue weighted by Gasteiger charge is -2.39. The van der Waals surface area contributed by atoms with Crippen LogP contribution < -0.4 is 19.4 Å². The van der Waals surface area contributed by atoms with Crippen LogP contribution in [0, 0.1) is 11.8 Å². The van der Waals surface area contributed by atoms with Gasteiger partial charge in [-0.2, -0.15) is 0 Å². The molecule has 270 valence electrons. The van der Waals surface area contributed by atoms with Gasteiger partial charge in [-0.15, -0.1) is 13.2 Å². The Kier molecular flexibility index (Phi) is 11.4. The molecule has 0 aliphatic carbocycles. The molecule has 3 saturated heterocycles. The number of amides is 3. The Morgan fingerprint density at radius 3 is 1.98 bits per heavy atom. The Hall–Kier alpha value is -4.15. The molecule has 3 heterocycles. The largest absolute Gasteiger partial charge is 0.494 e. The maximum atomic E-state index is 15.1. The average Bonchev–Trinajstić information content (AvgIpc) is 3.75. The third-order valence-corrected chi connectivity index (χ3v) is 11.1. The van der Waals surface area contributed by atoms with Crippen LogP contribution in [0.1, 0.15) is 60.3 Å². The fraction of sp³-hybridized carbons (Fsp3) is 0.525. The summed E-state index contributed by atoms with van der Waals surface area (Å²) in [4.78, 5) is 52.0. The minimum absolute atomic E-state index is 0.213. The number of rotatable bonds is 17. The first-order valence-electron chi connectivity index (χ1n) is 18.2. The van der Waals surface area contributed by atoms with Gasteiger partial charge in [0, 0.05) is 43.2 Å². The summed E-state index contributed by atoms with van der Waals surface area (Å²) in [6, 6.07) is 13.5. The highest BCUT2D eigenvalue weighted by Gasteiger charge is 2.79. The molecule has 0 radical (unpaired) electrons. The van der Waals surface area contributed by atoms with Crippen molar-refractivity contribution in [2.24, 2.45) is 11.8 Å². The van der Waals surface area contributed by atoms with Gasteiger partial charge in [0.1, 0.15) is 17.4 Å². The minimum Gasteiger partial charge on any atom is -0.494 e. The Bertz CT molecular complexity index is 1540. The molecule has 0 aromatic heterocycles. The molecule has 3 aliphatic heterocycles. The molecule has 50 heavy (non-hydrogen) atoms. The molecule has 2 bridgehead atoms. The molecule has 10 nitrogen and oxygen atoms in total. The topological polar surface area (TPSA) is 103 Å². The molecule has 1 N–H and O–H groups in total. The fourth-order valence-corrected chi connectivity index (χ4v) is 8.66. The normalized spacial score (nSPS) is 25.6. The number of ether oxygens (including phenoxy) is 2. The van der Waals surface area contributed by atoms with Crippen LogP contribution in [0.3, 0.4) is 0 Å². The molecule has 5 rings (SSSR count). The number of fused-ring (bicyclic) bond motifs is 1. The summed E-state index contributed by atoms with van der Waals surface area (Å²) in [5, 5.41) is 10.6. The van der Waals surface area contributed by atoms with Crippen molar-refractivity contribution in [3.63, 3.8) is 0 Å². The van der Waals surface area contributed by atoms with E-state index in [1.807, 2.05) is 69.3 Å². The summed E-state index contributed by atoms with van der Waals surface area (Å²) in [7, 11) is 0. The van der Waals surface area contributed by atoms with Crippen LogP contribution >= 0.6 is 0 Å². The maximum Gasteiger partial charge on any atom is 0.253 e. The first-order chi connectivity index (χ1) is 24.1. The van der Waals surface area contributed by atoms with E-state index in [9.17, 15) is 14.7 Å². The SMILES string of the molecule is C=CCN(C(=O)C1N([C@@H](CC)CO)C(=O)[C@@H]2[C@@H](C(=O)N(CC=C)c3ccc(OCC)cc3)[C@@]3(CC)CCC12O3)c1ccc(N(CC)CC)cc1. The fourth-order valence-electron chi connectivity index (χ4n) is 8.66. The van der Waals surface area contributed by atoms with E-state index in [4.69, 9.17) is 9.47 Å². The van der Waals surface area contributed by atoms with Crippen molar-refractivity contribution in [2.45, 2.75) is 83.6 Å². The van der Waals surface area contributed by atoms with Gasteiger partial charge < -0.3 is 34.2 Å². The Morgan fingerprint density at radius 2 is 1.48 bits per heavy atom. The molecular weight excluding hydrogens is 632 g/mol. The van der Waals surface area contributed by atoms with Crippen molar-refractivity contribution in [2.75, 3.05) is 54.1 Å². The van der Waals surface area contributed by atoms with Crippen LogP contribution in [-0.2, 0) is 19.1 Å². The lowest BCUT2D eigenvalue weighted by Crippen LogP contribution is -2.59. The van der Waals surface area contributed by atoms with Crippen LogP contribution in [0.4, 0.5) is 17.1 Å². The summed E-state index contributed by atoms with van der Waals surface area (Å²) in [6.45, 7) is 20.2. The van der Waals surface area contributed by atoms with Crippen LogP contribution in [0.25, 0.3) is 0 Å². The second kappa shape index (κ2) is 15.4. The van der Waals surface area contributed by atoms with Gasteiger partial charge in [-0.05, 0) is 95.0 Å². The minimum atomic E-state index is -1.24. The standard InChI is InChI=1S/C40H54N4O6/c1-8-25-42(31-19-21-32(22-20-31)49-14-7)36(46)33-34-37(47)44(28(10-3)27-45)35(40(34)24-23-39(33,11-4)50-40)38(48)43(26-9-2)30-17-15-29(16-18-30)41(12-5)13-6/h8-9,15-22,28,33-35,45H,1-2,10-14,23-27H2,3-7H3/t28-,33-,34-,35?,39+,40?/m0/s1. The van der Waals surface area contributed by atoms with Crippen LogP contribution in [0.15, 0.2) is 73.8 Å². The molecular formula is C40H54N4O6. The highest BCUT2D eigenvalue weighted by molar-refractivity contribution is 6.07. The predicted molar refractivity (Wildman–Crippen MR) is 198 cm³/mol. The first kappa shape index (κ1) is 37.1. The Morgan fingerprint density at radius 1 is 0.920 bits per heavy atom. The molecule has 3 amide bonds. The first-order valence-corrected chi connectivity index (χ1v) is 18.2. The number of likely N-dealkylation sites (tertiary alicyclic amines) is 1. The molecule has 6 atom stereocenters. The van der Waals surface area contributed by atoms with Gasteiger partial charge in [0.15, 0.2) is 0 Å². The van der Waals surface area contributed by atoms with Gasteiger partial charge in [-0.3, -0.25) is 14.4 Å². The molecule has 1 spiro atoms. The van der Waals surface area contributed by atoms with Gasteiger partial charge in [0.25, 0.3) is 5.91 Å². The number of nitrogens with zero attached hydrogens (tertiary/aromatic N) is 4. The van der Waals surface area contributed by atoms with Crippen molar-refractivity contribution in [3.8, 4) is 5.75 Å². The zero-order chi connectivity index (χ0) is 36.2. The molecule has 2 aromatic carbocycles. The van der Waals surface area contributed by atoms with Crippen molar-refractivity contribution < 1.29 is 29.0 Å². The third-order valence-electron chi connectivity index (χ3n) is 11.1. The van der Waals surface area contributed by atoms with Crippen molar-refractivity contribution >= 4 is 34.8 Å². The third kappa shape index (κ3) is 6.10. The Labute approximate surface area is 297 Å². The van der Waals surface area contributed by atoms with E-state index in [2.05, 4.69) is 31.9 Å². The predicted octanol–water partition coefficient (Wildman–Crippen LogP) is 5.60. The summed E-state index contributed by atoms with van der Waals surface area (Å²) < 4.78 is 12.7. The van der Waals surface area contributed by atoms with Gasteiger partial charge in [-0.25, -0.2) is 0 Å². The van der Waals surface area contributed by atoms with Crippen molar-refractivity contribution in [1.29, 1.82) is 0 Å². The highest BCUT2D eigenvalue weighted by Crippen LogP contribution is 2.65. The molecule has 3 aliphatic rings. The number of hydrogen-bond donors (Lipinski definition) is 1. The smallest absolute Gasteiger partial charge is 0.253 e. The summed E-state index contributed by atoms with van der Waals surface area (Å²) in [6.07, 6.45) is 5.25. The lowest BCUT2D eigenvalue weighted by molar-refractivity contribution is -0.149. The quantitative estimate of drug-likeness (QED) is 0.216. The zero-order valence-electron chi connectivity index (χ0n) is 30.3. The maximum absolute atomic E-state index is 15.1. The van der Waals surface area contributed by atoms with E-state index in [-0.39, 0.29) is 37.4 Å². The zero-order valence-corrected chi connectivity index (χ0v) is 30.3. The molecule has 10 heteroatoms. The van der Waals surface area contributed by atoms with Crippen LogP contribution in [0.2, 0.25) is 0 Å². The van der Waals surface area contributed by atoms with Gasteiger partial charge in [-0.1, -0.05) is 26.0 Å². The van der Waals surface area contributed by atoms with Crippen LogP contribution in [0.5, 0.6) is 5.75 Å². The van der Waals surface area contributed by atoms with Gasteiger partial charge >= 0.3 is 0 Å². The average molecular weight is 687 g/mol. The number of carbonyl (C=O) groups is 3. The summed E-state index contributed by atoms with van der Waals surface area (Å²) in [5.41, 5.74) is 0.207.